The number of fused-ring (bicyclic) bond motifs is 1. The monoisotopic (exact) mass is 233 g/mol. The van der Waals surface area contributed by atoms with Crippen LogP contribution >= 0.6 is 0 Å². The Morgan fingerprint density at radius 1 is 1.29 bits per heavy atom. The molecule has 0 saturated carbocycles. The molecule has 0 aliphatic heterocycles. The highest BCUT2D eigenvalue weighted by Crippen LogP contribution is 2.24. The topological polar surface area (TPSA) is 66.5 Å². The SMILES string of the molecule is Cc1nc2ncnc(N[C@@H](C)C(C)(C)C)c2[nH]1. The number of aromatic amines is 1. The van der Waals surface area contributed by atoms with Gasteiger partial charge >= 0.3 is 0 Å². The minimum absolute atomic E-state index is 0.173. The van der Waals surface area contributed by atoms with Crippen LogP contribution in [0.3, 0.4) is 0 Å². The van der Waals surface area contributed by atoms with Gasteiger partial charge in [0.2, 0.25) is 0 Å². The maximum Gasteiger partial charge on any atom is 0.183 e. The fourth-order valence-corrected chi connectivity index (χ4v) is 1.47. The van der Waals surface area contributed by atoms with Crippen molar-refractivity contribution in [2.45, 2.75) is 40.7 Å². The van der Waals surface area contributed by atoms with Crippen LogP contribution in [0, 0.1) is 12.3 Å². The largest absolute Gasteiger partial charge is 0.365 e. The maximum absolute atomic E-state index is 4.30. The molecule has 2 N–H and O–H groups in total. The minimum Gasteiger partial charge on any atom is -0.365 e. The third-order valence-corrected chi connectivity index (χ3v) is 3.06. The normalized spacial score (nSPS) is 13.9. The quantitative estimate of drug-likeness (QED) is 0.836. The van der Waals surface area contributed by atoms with Gasteiger partial charge in [0.25, 0.3) is 0 Å². The molecule has 0 amide bonds. The smallest absolute Gasteiger partial charge is 0.183 e. The van der Waals surface area contributed by atoms with Crippen LogP contribution in [0.1, 0.15) is 33.5 Å². The lowest BCUT2D eigenvalue weighted by molar-refractivity contribution is 0.359. The molecule has 0 aliphatic rings. The summed E-state index contributed by atoms with van der Waals surface area (Å²) in [6, 6.07) is 0.309. The molecule has 2 heterocycles. The molecule has 0 aromatic carbocycles. The molecule has 5 heteroatoms. The molecule has 17 heavy (non-hydrogen) atoms. The van der Waals surface area contributed by atoms with Crippen LogP contribution in [0.2, 0.25) is 0 Å². The molecule has 2 aromatic rings. The van der Waals surface area contributed by atoms with Crippen LogP contribution < -0.4 is 5.32 Å². The van der Waals surface area contributed by atoms with Crippen LogP contribution in [0.5, 0.6) is 0 Å². The zero-order valence-electron chi connectivity index (χ0n) is 11.0. The molecule has 2 rings (SSSR count). The molecule has 0 saturated heterocycles. The maximum atomic E-state index is 4.30. The van der Waals surface area contributed by atoms with Crippen LogP contribution in [0.25, 0.3) is 11.2 Å². The number of rotatable bonds is 2. The van der Waals surface area contributed by atoms with Gasteiger partial charge in [-0.3, -0.25) is 0 Å². The number of anilines is 1. The highest BCUT2D eigenvalue weighted by molar-refractivity contribution is 5.82. The number of aryl methyl sites for hydroxylation is 1. The third-order valence-electron chi connectivity index (χ3n) is 3.06. The van der Waals surface area contributed by atoms with Crippen molar-refractivity contribution >= 4 is 17.0 Å². The Kier molecular flexibility index (Phi) is 2.77. The summed E-state index contributed by atoms with van der Waals surface area (Å²) in [6.07, 6.45) is 1.54. The van der Waals surface area contributed by atoms with E-state index in [0.29, 0.717) is 11.7 Å². The van der Waals surface area contributed by atoms with E-state index >= 15 is 0 Å². The second-order valence-electron chi connectivity index (χ2n) is 5.48. The summed E-state index contributed by atoms with van der Waals surface area (Å²) < 4.78 is 0. The Bertz CT molecular complexity index is 523. The number of imidazole rings is 1. The van der Waals surface area contributed by atoms with Gasteiger partial charge in [-0.05, 0) is 19.3 Å². The molecule has 0 spiro atoms. The van der Waals surface area contributed by atoms with Crippen molar-refractivity contribution in [3.8, 4) is 0 Å². The molecule has 92 valence electrons. The molecule has 0 aliphatic carbocycles. The van der Waals surface area contributed by atoms with Crippen molar-refractivity contribution in [3.63, 3.8) is 0 Å². The highest BCUT2D eigenvalue weighted by Gasteiger charge is 2.21. The predicted octanol–water partition coefficient (Wildman–Crippen LogP) is 2.51. The number of aromatic nitrogens is 4. The Balaban J connectivity index is 2.36. The van der Waals surface area contributed by atoms with Gasteiger partial charge in [0.05, 0.1) is 0 Å². The van der Waals surface area contributed by atoms with E-state index in [1.807, 2.05) is 6.92 Å². The average molecular weight is 233 g/mol. The lowest BCUT2D eigenvalue weighted by Crippen LogP contribution is -2.31. The third kappa shape index (κ3) is 2.38. The molecule has 0 unspecified atom stereocenters. The van der Waals surface area contributed by atoms with Crippen molar-refractivity contribution in [1.82, 2.24) is 19.9 Å². The summed E-state index contributed by atoms with van der Waals surface area (Å²) in [5.74, 6) is 1.67. The fraction of sp³-hybridized carbons (Fsp3) is 0.583. The molecular weight excluding hydrogens is 214 g/mol. The summed E-state index contributed by atoms with van der Waals surface area (Å²) in [5.41, 5.74) is 1.76. The Hall–Kier alpha value is -1.65. The first-order chi connectivity index (χ1) is 7.88. The van der Waals surface area contributed by atoms with Gasteiger partial charge in [0.15, 0.2) is 11.5 Å². The van der Waals surface area contributed by atoms with Gasteiger partial charge in [-0.15, -0.1) is 0 Å². The zero-order valence-corrected chi connectivity index (χ0v) is 11.0. The molecule has 0 bridgehead atoms. The predicted molar refractivity (Wildman–Crippen MR) is 69.0 cm³/mol. The summed E-state index contributed by atoms with van der Waals surface area (Å²) in [6.45, 7) is 10.7. The number of nitrogens with one attached hydrogen (secondary N) is 2. The summed E-state index contributed by atoms with van der Waals surface area (Å²) >= 11 is 0. The van der Waals surface area contributed by atoms with E-state index in [9.17, 15) is 0 Å². The molecule has 0 radical (unpaired) electrons. The minimum atomic E-state index is 0.173. The van der Waals surface area contributed by atoms with Crippen LogP contribution in [0.15, 0.2) is 6.33 Å². The second kappa shape index (κ2) is 3.98. The van der Waals surface area contributed by atoms with Crippen molar-refractivity contribution in [2.24, 2.45) is 5.41 Å². The molecular formula is C12H19N5. The number of nitrogens with zero attached hydrogens (tertiary/aromatic N) is 3. The van der Waals surface area contributed by atoms with E-state index in [0.717, 1.165) is 17.2 Å². The van der Waals surface area contributed by atoms with Crippen molar-refractivity contribution in [1.29, 1.82) is 0 Å². The fourth-order valence-electron chi connectivity index (χ4n) is 1.47. The van der Waals surface area contributed by atoms with E-state index in [2.05, 4.69) is 52.9 Å². The molecule has 5 nitrogen and oxygen atoms in total. The Morgan fingerprint density at radius 2 is 2.00 bits per heavy atom. The first kappa shape index (κ1) is 11.8. The summed E-state index contributed by atoms with van der Waals surface area (Å²) in [4.78, 5) is 15.9. The van der Waals surface area contributed by atoms with Gasteiger partial charge < -0.3 is 10.3 Å². The van der Waals surface area contributed by atoms with E-state index in [1.165, 1.54) is 0 Å². The molecule has 1 atom stereocenters. The van der Waals surface area contributed by atoms with Crippen LogP contribution in [0.4, 0.5) is 5.82 Å². The number of hydrogen-bond donors (Lipinski definition) is 2. The first-order valence-corrected chi connectivity index (χ1v) is 5.82. The lowest BCUT2D eigenvalue weighted by atomic mass is 9.88. The molecule has 2 aromatic heterocycles. The van der Waals surface area contributed by atoms with Crippen LogP contribution in [-0.2, 0) is 0 Å². The van der Waals surface area contributed by atoms with E-state index in [-0.39, 0.29) is 5.41 Å². The van der Waals surface area contributed by atoms with Gasteiger partial charge in [0, 0.05) is 6.04 Å². The standard InChI is InChI=1S/C12H19N5/c1-7(12(3,4)5)15-10-9-11(14-6-13-10)17-8(2)16-9/h6-7H,1-5H3,(H2,13,14,15,16,17)/t7-/m0/s1. The summed E-state index contributed by atoms with van der Waals surface area (Å²) in [7, 11) is 0. The molecule has 0 fully saturated rings. The number of H-pyrrole nitrogens is 1. The van der Waals surface area contributed by atoms with E-state index in [1.54, 1.807) is 6.33 Å². The summed E-state index contributed by atoms with van der Waals surface area (Å²) in [5, 5.41) is 3.42. The van der Waals surface area contributed by atoms with Crippen molar-refractivity contribution < 1.29 is 0 Å². The van der Waals surface area contributed by atoms with Gasteiger partial charge in [-0.25, -0.2) is 15.0 Å². The van der Waals surface area contributed by atoms with Crippen LogP contribution in [-0.4, -0.2) is 26.0 Å². The van der Waals surface area contributed by atoms with Crippen molar-refractivity contribution in [3.05, 3.63) is 12.2 Å². The second-order valence-corrected chi connectivity index (χ2v) is 5.48. The Labute approximate surface area is 101 Å². The van der Waals surface area contributed by atoms with Gasteiger partial charge in [-0.1, -0.05) is 20.8 Å². The van der Waals surface area contributed by atoms with E-state index in [4.69, 9.17) is 0 Å². The zero-order chi connectivity index (χ0) is 12.6. The lowest BCUT2D eigenvalue weighted by Gasteiger charge is -2.28. The average Bonchev–Trinajstić information content (AvgIpc) is 2.58. The van der Waals surface area contributed by atoms with E-state index < -0.39 is 0 Å². The van der Waals surface area contributed by atoms with Crippen molar-refractivity contribution in [2.75, 3.05) is 5.32 Å². The Morgan fingerprint density at radius 3 is 2.65 bits per heavy atom. The first-order valence-electron chi connectivity index (χ1n) is 5.82. The number of hydrogen-bond acceptors (Lipinski definition) is 4. The van der Waals surface area contributed by atoms with Gasteiger partial charge in [-0.2, -0.15) is 0 Å². The highest BCUT2D eigenvalue weighted by atomic mass is 15.1. The van der Waals surface area contributed by atoms with Gasteiger partial charge in [0.1, 0.15) is 17.7 Å².